The minimum absolute atomic E-state index is 0.106. The Balaban J connectivity index is 1.10. The molecule has 2 unspecified atom stereocenters. The Morgan fingerprint density at radius 1 is 0.947 bits per heavy atom. The van der Waals surface area contributed by atoms with Crippen LogP contribution in [0.4, 0.5) is 22.0 Å². The standard InChI is InChI=1S/C44H45N9O3S/c1-26(2)34-20-19-33-40(49-34)47-25-48-41(33)50-35-23-29(12-21-38(35)57-32-17-15-31(45)16-18-32)9-8-28-10-13-30(14-11-28)36-24-46-42(51-36)37-7-6-22-53(37)43(54)39(27(3)4)52-44(55)56-5/h10-21,23-27,37,39H,6-7,22,45H2,1-5H3,(H,46,51)(H,52,55)(H,47,48,49,50). The number of imidazole rings is 1. The van der Waals surface area contributed by atoms with Crippen LogP contribution in [0.1, 0.15) is 75.1 Å². The van der Waals surface area contributed by atoms with E-state index in [2.05, 4.69) is 62.3 Å². The van der Waals surface area contributed by atoms with E-state index in [0.717, 1.165) is 61.8 Å². The molecule has 7 rings (SSSR count). The summed E-state index contributed by atoms with van der Waals surface area (Å²) in [5.41, 5.74) is 12.6. The van der Waals surface area contributed by atoms with Crippen LogP contribution < -0.4 is 16.4 Å². The Morgan fingerprint density at radius 2 is 1.70 bits per heavy atom. The second-order valence-corrected chi connectivity index (χ2v) is 15.7. The zero-order valence-corrected chi connectivity index (χ0v) is 33.4. The van der Waals surface area contributed by atoms with Gasteiger partial charge in [-0.15, -0.1) is 0 Å². The van der Waals surface area contributed by atoms with Crippen LogP contribution in [-0.2, 0) is 9.53 Å². The number of hydrogen-bond donors (Lipinski definition) is 4. The number of hydrogen-bond acceptors (Lipinski definition) is 10. The first-order valence-corrected chi connectivity index (χ1v) is 19.8. The summed E-state index contributed by atoms with van der Waals surface area (Å²) in [6, 6.07) is 25.0. The molecular formula is C44H45N9O3S. The molecule has 5 N–H and O–H groups in total. The molecule has 2 atom stereocenters. The number of benzene rings is 3. The van der Waals surface area contributed by atoms with Crippen molar-refractivity contribution in [3.63, 3.8) is 0 Å². The molecule has 0 bridgehead atoms. The number of nitrogens with one attached hydrogen (secondary N) is 3. The average Bonchev–Trinajstić information content (AvgIpc) is 3.91. The van der Waals surface area contributed by atoms with Gasteiger partial charge in [0.05, 0.1) is 36.1 Å². The molecule has 13 heteroatoms. The van der Waals surface area contributed by atoms with Crippen LogP contribution in [0.5, 0.6) is 0 Å². The van der Waals surface area contributed by atoms with Gasteiger partial charge in [-0.3, -0.25) is 4.79 Å². The van der Waals surface area contributed by atoms with Gasteiger partial charge in [-0.25, -0.2) is 24.7 Å². The van der Waals surface area contributed by atoms with E-state index in [-0.39, 0.29) is 23.8 Å². The Hall–Kier alpha value is -6.39. The number of rotatable bonds is 10. The van der Waals surface area contributed by atoms with E-state index in [1.165, 1.54) is 13.4 Å². The van der Waals surface area contributed by atoms with Crippen molar-refractivity contribution < 1.29 is 14.3 Å². The number of H-pyrrole nitrogens is 1. The highest BCUT2D eigenvalue weighted by molar-refractivity contribution is 7.99. The fraction of sp³-hybridized carbons (Fsp3) is 0.273. The lowest BCUT2D eigenvalue weighted by molar-refractivity contribution is -0.135. The molecule has 0 saturated carbocycles. The monoisotopic (exact) mass is 779 g/mol. The van der Waals surface area contributed by atoms with Crippen molar-refractivity contribution in [1.82, 2.24) is 35.1 Å². The number of anilines is 3. The van der Waals surface area contributed by atoms with Gasteiger partial charge in [-0.2, -0.15) is 0 Å². The maximum absolute atomic E-state index is 13.6. The topological polar surface area (TPSA) is 164 Å². The van der Waals surface area contributed by atoms with Crippen molar-refractivity contribution in [2.75, 3.05) is 24.7 Å². The lowest BCUT2D eigenvalue weighted by Gasteiger charge is -2.30. The van der Waals surface area contributed by atoms with E-state index < -0.39 is 12.1 Å². The predicted molar refractivity (Wildman–Crippen MR) is 224 cm³/mol. The molecule has 2 amide bonds. The minimum atomic E-state index is -0.690. The van der Waals surface area contributed by atoms with Gasteiger partial charge in [0.25, 0.3) is 0 Å². The number of aromatic nitrogens is 5. The third-order valence-corrected chi connectivity index (χ3v) is 10.9. The highest BCUT2D eigenvalue weighted by atomic mass is 32.2. The second-order valence-electron chi connectivity index (χ2n) is 14.5. The maximum atomic E-state index is 13.6. The molecule has 3 aromatic heterocycles. The van der Waals surface area contributed by atoms with Gasteiger partial charge >= 0.3 is 6.09 Å². The van der Waals surface area contributed by atoms with Crippen LogP contribution in [0, 0.1) is 17.8 Å². The van der Waals surface area contributed by atoms with Crippen molar-refractivity contribution in [3.8, 4) is 23.1 Å². The molecule has 1 fully saturated rings. The van der Waals surface area contributed by atoms with Gasteiger partial charge < -0.3 is 31.0 Å². The fourth-order valence-electron chi connectivity index (χ4n) is 6.69. The van der Waals surface area contributed by atoms with Gasteiger partial charge in [0.2, 0.25) is 5.91 Å². The van der Waals surface area contributed by atoms with Gasteiger partial charge in [-0.1, -0.05) is 63.4 Å². The summed E-state index contributed by atoms with van der Waals surface area (Å²) in [5.74, 6) is 8.06. The Bertz CT molecular complexity index is 2450. The number of carbonyl (C=O) groups is 2. The van der Waals surface area contributed by atoms with Gasteiger partial charge in [-0.05, 0) is 97.0 Å². The number of likely N-dealkylation sites (tertiary alicyclic amines) is 1. The fourth-order valence-corrected chi connectivity index (χ4v) is 7.57. The maximum Gasteiger partial charge on any atom is 0.407 e. The zero-order chi connectivity index (χ0) is 40.1. The summed E-state index contributed by atoms with van der Waals surface area (Å²) in [4.78, 5) is 51.3. The molecule has 0 spiro atoms. The number of ether oxygens (including phenoxy) is 1. The molecular weight excluding hydrogens is 735 g/mol. The number of carbonyl (C=O) groups excluding carboxylic acids is 2. The van der Waals surface area contributed by atoms with E-state index in [9.17, 15) is 9.59 Å². The second kappa shape index (κ2) is 17.2. The summed E-state index contributed by atoms with van der Waals surface area (Å²) < 4.78 is 4.76. The van der Waals surface area contributed by atoms with Crippen LogP contribution in [0.15, 0.2) is 101 Å². The van der Waals surface area contributed by atoms with Crippen molar-refractivity contribution in [2.24, 2.45) is 5.92 Å². The molecule has 1 aliphatic heterocycles. The molecule has 3 aromatic carbocycles. The number of pyridine rings is 1. The number of fused-ring (bicyclic) bond motifs is 1. The highest BCUT2D eigenvalue weighted by Crippen LogP contribution is 2.37. The van der Waals surface area contributed by atoms with E-state index in [1.54, 1.807) is 22.9 Å². The van der Waals surface area contributed by atoms with E-state index in [0.29, 0.717) is 29.5 Å². The average molecular weight is 780 g/mol. The first-order valence-electron chi connectivity index (χ1n) is 18.9. The van der Waals surface area contributed by atoms with E-state index >= 15 is 0 Å². The SMILES string of the molecule is COC(=O)NC(C(=O)N1CCCC1c1ncc(-c2ccc(C#Cc3ccc(Sc4ccc(N)cc4)c(Nc4ncnc5nc(C(C)C)ccc45)c3)cc2)[nH]1)C(C)C. The number of nitrogen functional groups attached to an aromatic ring is 1. The lowest BCUT2D eigenvalue weighted by atomic mass is 10.0. The Morgan fingerprint density at radius 3 is 2.44 bits per heavy atom. The molecule has 290 valence electrons. The highest BCUT2D eigenvalue weighted by Gasteiger charge is 2.37. The molecule has 4 heterocycles. The predicted octanol–water partition coefficient (Wildman–Crippen LogP) is 8.46. The van der Waals surface area contributed by atoms with Crippen LogP contribution in [0.3, 0.4) is 0 Å². The van der Waals surface area contributed by atoms with Crippen LogP contribution >= 0.6 is 11.8 Å². The molecule has 0 aliphatic carbocycles. The molecule has 12 nitrogen and oxygen atoms in total. The van der Waals surface area contributed by atoms with Crippen LogP contribution in [-0.4, -0.2) is 61.5 Å². The summed E-state index contributed by atoms with van der Waals surface area (Å²) in [6.07, 6.45) is 4.33. The van der Waals surface area contributed by atoms with Gasteiger partial charge in [0.1, 0.15) is 24.0 Å². The number of amides is 2. The quantitative estimate of drug-likeness (QED) is 0.0784. The largest absolute Gasteiger partial charge is 0.453 e. The van der Waals surface area contributed by atoms with Crippen molar-refractivity contribution >= 4 is 52.0 Å². The number of nitrogens with zero attached hydrogens (tertiary/aromatic N) is 5. The Labute approximate surface area is 336 Å². The smallest absolute Gasteiger partial charge is 0.407 e. The van der Waals surface area contributed by atoms with Crippen LogP contribution in [0.2, 0.25) is 0 Å². The van der Waals surface area contributed by atoms with E-state index in [4.69, 9.17) is 15.5 Å². The van der Waals surface area contributed by atoms with Crippen molar-refractivity contribution in [1.29, 1.82) is 0 Å². The van der Waals surface area contributed by atoms with Gasteiger partial charge in [0, 0.05) is 38.8 Å². The summed E-state index contributed by atoms with van der Waals surface area (Å²) >= 11 is 1.62. The summed E-state index contributed by atoms with van der Waals surface area (Å²) in [5, 5.41) is 7.08. The number of alkyl carbamates (subject to hydrolysis) is 1. The first kappa shape index (κ1) is 38.9. The molecule has 57 heavy (non-hydrogen) atoms. The van der Waals surface area contributed by atoms with Gasteiger partial charge in [0.15, 0.2) is 5.65 Å². The van der Waals surface area contributed by atoms with Crippen molar-refractivity contribution in [2.45, 2.75) is 68.3 Å². The molecule has 1 saturated heterocycles. The van der Waals surface area contributed by atoms with Crippen LogP contribution in [0.25, 0.3) is 22.3 Å². The summed E-state index contributed by atoms with van der Waals surface area (Å²) in [6.45, 7) is 8.62. The third-order valence-electron chi connectivity index (χ3n) is 9.84. The first-order chi connectivity index (χ1) is 27.6. The lowest BCUT2D eigenvalue weighted by Crippen LogP contribution is -2.51. The number of aromatic amines is 1. The molecule has 0 radical (unpaired) electrons. The third kappa shape index (κ3) is 9.03. The van der Waals surface area contributed by atoms with E-state index in [1.807, 2.05) is 86.6 Å². The molecule has 1 aliphatic rings. The van der Waals surface area contributed by atoms with Crippen molar-refractivity contribution in [3.05, 3.63) is 114 Å². The zero-order valence-electron chi connectivity index (χ0n) is 32.5. The Kier molecular flexibility index (Phi) is 11.7. The summed E-state index contributed by atoms with van der Waals surface area (Å²) in [7, 11) is 1.29. The number of methoxy groups -OCH3 is 1. The molecule has 6 aromatic rings. The normalized spacial score (nSPS) is 14.4. The number of nitrogens with two attached hydrogens (primary N) is 1. The minimum Gasteiger partial charge on any atom is -0.453 e.